The van der Waals surface area contributed by atoms with Crippen LogP contribution in [0.3, 0.4) is 0 Å². The summed E-state index contributed by atoms with van der Waals surface area (Å²) in [7, 11) is 0. The zero-order valence-corrected chi connectivity index (χ0v) is 10.2. The zero-order valence-electron chi connectivity index (χ0n) is 9.34. The molecule has 0 radical (unpaired) electrons. The van der Waals surface area contributed by atoms with Crippen LogP contribution in [0.1, 0.15) is 36.1 Å². The number of hydrogen-bond acceptors (Lipinski definition) is 4. The van der Waals surface area contributed by atoms with Crippen molar-refractivity contribution in [3.63, 3.8) is 0 Å². The summed E-state index contributed by atoms with van der Waals surface area (Å²) >= 11 is 1.78. The van der Waals surface area contributed by atoms with Gasteiger partial charge in [0.1, 0.15) is 5.82 Å². The third kappa shape index (κ3) is 2.32. The number of aromatic nitrogens is 2. The average molecular weight is 223 g/mol. The highest BCUT2D eigenvalue weighted by atomic mass is 32.2. The minimum Gasteiger partial charge on any atom is -0.307 e. The lowest BCUT2D eigenvalue weighted by molar-refractivity contribution is 0.753. The number of nitrogens with zero attached hydrogens (tertiary/aromatic N) is 2. The quantitative estimate of drug-likeness (QED) is 0.846. The smallest absolute Gasteiger partial charge is 0.138 e. The van der Waals surface area contributed by atoms with E-state index in [0.29, 0.717) is 0 Å². The van der Waals surface area contributed by atoms with Gasteiger partial charge in [-0.15, -0.1) is 0 Å². The Morgan fingerprint density at radius 2 is 2.20 bits per heavy atom. The van der Waals surface area contributed by atoms with Gasteiger partial charge in [0.2, 0.25) is 0 Å². The Labute approximate surface area is 95.1 Å². The monoisotopic (exact) mass is 223 g/mol. The van der Waals surface area contributed by atoms with Crippen molar-refractivity contribution in [2.75, 3.05) is 6.26 Å². The maximum Gasteiger partial charge on any atom is 0.138 e. The fourth-order valence-corrected chi connectivity index (χ4v) is 2.32. The van der Waals surface area contributed by atoms with Gasteiger partial charge in [-0.1, -0.05) is 13.3 Å². The molecule has 4 heteroatoms. The molecule has 0 bridgehead atoms. The van der Waals surface area contributed by atoms with Gasteiger partial charge >= 0.3 is 0 Å². The molecule has 15 heavy (non-hydrogen) atoms. The zero-order chi connectivity index (χ0) is 10.7. The van der Waals surface area contributed by atoms with Gasteiger partial charge in [-0.3, -0.25) is 0 Å². The van der Waals surface area contributed by atoms with E-state index < -0.39 is 0 Å². The van der Waals surface area contributed by atoms with Crippen LogP contribution < -0.4 is 5.32 Å². The average Bonchev–Trinajstić information content (AvgIpc) is 2.67. The van der Waals surface area contributed by atoms with Crippen molar-refractivity contribution < 1.29 is 0 Å². The van der Waals surface area contributed by atoms with E-state index in [1.165, 1.54) is 17.0 Å². The molecule has 82 valence electrons. The highest BCUT2D eigenvalue weighted by Gasteiger charge is 2.17. The summed E-state index contributed by atoms with van der Waals surface area (Å²) in [6.45, 7) is 4.06. The van der Waals surface area contributed by atoms with E-state index in [1.54, 1.807) is 11.8 Å². The molecule has 1 N–H and O–H groups in total. The predicted octanol–water partition coefficient (Wildman–Crippen LogP) is 1.90. The molecule has 1 aromatic heterocycles. The van der Waals surface area contributed by atoms with Crippen LogP contribution >= 0.6 is 11.8 Å². The maximum atomic E-state index is 4.65. The Morgan fingerprint density at radius 1 is 1.33 bits per heavy atom. The summed E-state index contributed by atoms with van der Waals surface area (Å²) in [6.07, 6.45) is 4.32. The minimum atomic E-state index is 0.913. The van der Waals surface area contributed by atoms with E-state index >= 15 is 0 Å². The van der Waals surface area contributed by atoms with Crippen LogP contribution in [-0.2, 0) is 25.3 Å². The van der Waals surface area contributed by atoms with Gasteiger partial charge in [0.05, 0.1) is 11.4 Å². The summed E-state index contributed by atoms with van der Waals surface area (Å²) in [5.74, 6) is 1.91. The van der Waals surface area contributed by atoms with Crippen LogP contribution in [0.5, 0.6) is 0 Å². The standard InChI is InChI=1S/C11H17N3S/c1-3-4-9-8-5-12-6-10(8)14-11(13-9)7-15-2/h12H,3-7H2,1-2H3. The Bertz CT molecular complexity index is 352. The summed E-state index contributed by atoms with van der Waals surface area (Å²) in [5, 5.41) is 3.35. The molecule has 0 fully saturated rings. The van der Waals surface area contributed by atoms with E-state index in [0.717, 1.165) is 37.5 Å². The minimum absolute atomic E-state index is 0.913. The lowest BCUT2D eigenvalue weighted by Crippen LogP contribution is -2.05. The maximum absolute atomic E-state index is 4.65. The summed E-state index contributed by atoms with van der Waals surface area (Å²) in [6, 6.07) is 0. The van der Waals surface area contributed by atoms with Crippen molar-refractivity contribution in [2.45, 2.75) is 38.6 Å². The van der Waals surface area contributed by atoms with Crippen molar-refractivity contribution in [3.05, 3.63) is 22.8 Å². The van der Waals surface area contributed by atoms with Crippen LogP contribution in [0.2, 0.25) is 0 Å². The number of rotatable bonds is 4. The van der Waals surface area contributed by atoms with Gasteiger partial charge in [0, 0.05) is 24.3 Å². The molecular weight excluding hydrogens is 206 g/mol. The van der Waals surface area contributed by atoms with Crippen molar-refractivity contribution in [1.29, 1.82) is 0 Å². The molecule has 3 nitrogen and oxygen atoms in total. The number of nitrogens with one attached hydrogen (secondary N) is 1. The van der Waals surface area contributed by atoms with Crippen molar-refractivity contribution in [2.24, 2.45) is 0 Å². The molecule has 0 aliphatic carbocycles. The third-order valence-electron chi connectivity index (χ3n) is 2.58. The molecule has 2 rings (SSSR count). The SMILES string of the molecule is CCCc1nc(CSC)nc2c1CNC2. The fourth-order valence-electron chi connectivity index (χ4n) is 1.93. The first kappa shape index (κ1) is 10.9. The molecule has 0 aromatic carbocycles. The van der Waals surface area contributed by atoms with Crippen LogP contribution in [-0.4, -0.2) is 16.2 Å². The second kappa shape index (κ2) is 4.94. The Hall–Kier alpha value is -0.610. The molecule has 0 spiro atoms. The lowest BCUT2D eigenvalue weighted by atomic mass is 10.1. The van der Waals surface area contributed by atoms with Gasteiger partial charge in [-0.05, 0) is 12.7 Å². The Morgan fingerprint density at radius 3 is 2.93 bits per heavy atom. The molecule has 0 atom stereocenters. The molecule has 1 aliphatic rings. The number of thioether (sulfide) groups is 1. The van der Waals surface area contributed by atoms with E-state index in [9.17, 15) is 0 Å². The number of fused-ring (bicyclic) bond motifs is 1. The van der Waals surface area contributed by atoms with Crippen molar-refractivity contribution in [1.82, 2.24) is 15.3 Å². The van der Waals surface area contributed by atoms with Gasteiger partial charge < -0.3 is 5.32 Å². The van der Waals surface area contributed by atoms with Crippen LogP contribution in [0.15, 0.2) is 0 Å². The summed E-state index contributed by atoms with van der Waals surface area (Å²) in [4.78, 5) is 9.24. The topological polar surface area (TPSA) is 37.8 Å². The van der Waals surface area contributed by atoms with E-state index in [-0.39, 0.29) is 0 Å². The molecule has 0 saturated carbocycles. The fraction of sp³-hybridized carbons (Fsp3) is 0.636. The first-order chi connectivity index (χ1) is 7.35. The highest BCUT2D eigenvalue weighted by Crippen LogP contribution is 2.19. The van der Waals surface area contributed by atoms with Crippen LogP contribution in [0.25, 0.3) is 0 Å². The van der Waals surface area contributed by atoms with Gasteiger partial charge in [-0.2, -0.15) is 11.8 Å². The molecule has 0 amide bonds. The highest BCUT2D eigenvalue weighted by molar-refractivity contribution is 7.97. The molecule has 2 heterocycles. The first-order valence-corrected chi connectivity index (χ1v) is 6.81. The van der Waals surface area contributed by atoms with E-state index in [2.05, 4.69) is 28.5 Å². The largest absolute Gasteiger partial charge is 0.307 e. The van der Waals surface area contributed by atoms with Crippen LogP contribution in [0, 0.1) is 0 Å². The molecule has 1 aromatic rings. The lowest BCUT2D eigenvalue weighted by Gasteiger charge is -2.07. The summed E-state index contributed by atoms with van der Waals surface area (Å²) < 4.78 is 0. The third-order valence-corrected chi connectivity index (χ3v) is 3.13. The molecular formula is C11H17N3S. The van der Waals surface area contributed by atoms with E-state index in [4.69, 9.17) is 0 Å². The van der Waals surface area contributed by atoms with Crippen molar-refractivity contribution in [3.8, 4) is 0 Å². The molecule has 0 saturated heterocycles. The Balaban J connectivity index is 2.34. The van der Waals surface area contributed by atoms with Gasteiger partial charge in [-0.25, -0.2) is 9.97 Å². The van der Waals surface area contributed by atoms with Gasteiger partial charge in [0.25, 0.3) is 0 Å². The number of aryl methyl sites for hydroxylation is 1. The number of hydrogen-bond donors (Lipinski definition) is 1. The van der Waals surface area contributed by atoms with Crippen molar-refractivity contribution >= 4 is 11.8 Å². The molecule has 1 aliphatic heterocycles. The normalized spacial score (nSPS) is 14.3. The summed E-state index contributed by atoms with van der Waals surface area (Å²) in [5.41, 5.74) is 3.83. The van der Waals surface area contributed by atoms with Gasteiger partial charge in [0.15, 0.2) is 0 Å². The second-order valence-corrected chi connectivity index (χ2v) is 4.66. The first-order valence-electron chi connectivity index (χ1n) is 5.42. The van der Waals surface area contributed by atoms with Crippen LogP contribution in [0.4, 0.5) is 0 Å². The van der Waals surface area contributed by atoms with E-state index in [1.807, 2.05) is 0 Å². The second-order valence-electron chi connectivity index (χ2n) is 3.80. The predicted molar refractivity (Wildman–Crippen MR) is 63.8 cm³/mol. The molecule has 0 unspecified atom stereocenters. The Kier molecular flexibility index (Phi) is 3.59.